The standard InChI is InChI=1S/C10H17N5O/c11-10(15-16)3-1-2-5-12-7-9-4-6-13-8-14-9/h4,6,8,12,16H,1-3,5,7H2,(H2,11,15). The van der Waals surface area contributed by atoms with Crippen LogP contribution in [0.4, 0.5) is 0 Å². The van der Waals surface area contributed by atoms with E-state index in [1.54, 1.807) is 6.20 Å². The minimum atomic E-state index is 0.288. The van der Waals surface area contributed by atoms with Crippen LogP contribution >= 0.6 is 0 Å². The monoisotopic (exact) mass is 223 g/mol. The quantitative estimate of drug-likeness (QED) is 0.205. The maximum absolute atomic E-state index is 8.32. The van der Waals surface area contributed by atoms with Crippen LogP contribution in [-0.2, 0) is 6.54 Å². The van der Waals surface area contributed by atoms with Gasteiger partial charge in [-0.1, -0.05) is 5.16 Å². The summed E-state index contributed by atoms with van der Waals surface area (Å²) < 4.78 is 0. The highest BCUT2D eigenvalue weighted by Crippen LogP contribution is 1.95. The fourth-order valence-electron chi connectivity index (χ4n) is 1.25. The third-order valence-corrected chi connectivity index (χ3v) is 2.11. The minimum absolute atomic E-state index is 0.288. The number of hydrogen-bond donors (Lipinski definition) is 3. The Hall–Kier alpha value is -1.69. The van der Waals surface area contributed by atoms with Gasteiger partial charge < -0.3 is 16.3 Å². The molecule has 0 amide bonds. The van der Waals surface area contributed by atoms with Crippen molar-refractivity contribution in [2.45, 2.75) is 25.8 Å². The van der Waals surface area contributed by atoms with Crippen molar-refractivity contribution in [2.24, 2.45) is 10.9 Å². The van der Waals surface area contributed by atoms with E-state index in [4.69, 9.17) is 10.9 Å². The topological polar surface area (TPSA) is 96.4 Å². The van der Waals surface area contributed by atoms with Gasteiger partial charge in [-0.3, -0.25) is 0 Å². The van der Waals surface area contributed by atoms with E-state index in [9.17, 15) is 0 Å². The van der Waals surface area contributed by atoms with Crippen molar-refractivity contribution in [3.63, 3.8) is 0 Å². The molecule has 1 heterocycles. The van der Waals surface area contributed by atoms with Gasteiger partial charge >= 0.3 is 0 Å². The van der Waals surface area contributed by atoms with Crippen molar-refractivity contribution in [1.29, 1.82) is 0 Å². The molecule has 4 N–H and O–H groups in total. The lowest BCUT2D eigenvalue weighted by Gasteiger charge is -2.03. The second kappa shape index (κ2) is 7.58. The number of unbranched alkanes of at least 4 members (excludes halogenated alkanes) is 1. The van der Waals surface area contributed by atoms with Gasteiger partial charge in [-0.2, -0.15) is 0 Å². The molecule has 0 aromatic carbocycles. The van der Waals surface area contributed by atoms with Gasteiger partial charge in [-0.15, -0.1) is 0 Å². The molecule has 16 heavy (non-hydrogen) atoms. The molecule has 0 atom stereocenters. The summed E-state index contributed by atoms with van der Waals surface area (Å²) in [6.45, 7) is 1.63. The minimum Gasteiger partial charge on any atom is -0.409 e. The molecule has 0 aliphatic carbocycles. The van der Waals surface area contributed by atoms with Gasteiger partial charge in [0.1, 0.15) is 12.2 Å². The van der Waals surface area contributed by atoms with Crippen LogP contribution in [0.1, 0.15) is 25.0 Å². The van der Waals surface area contributed by atoms with E-state index in [1.807, 2.05) is 6.07 Å². The molecule has 0 unspecified atom stereocenters. The number of nitrogens with zero attached hydrogens (tertiary/aromatic N) is 3. The summed E-state index contributed by atoms with van der Waals surface area (Å²) in [5.41, 5.74) is 6.32. The highest BCUT2D eigenvalue weighted by Gasteiger charge is 1.95. The molecule has 6 nitrogen and oxygen atoms in total. The van der Waals surface area contributed by atoms with E-state index in [2.05, 4.69) is 20.4 Å². The number of hydrogen-bond acceptors (Lipinski definition) is 5. The maximum Gasteiger partial charge on any atom is 0.139 e. The fraction of sp³-hybridized carbons (Fsp3) is 0.500. The van der Waals surface area contributed by atoms with Crippen LogP contribution in [0.5, 0.6) is 0 Å². The first-order chi connectivity index (χ1) is 7.83. The SMILES string of the molecule is N/C(CCCCNCc1ccncn1)=N/O. The lowest BCUT2D eigenvalue weighted by atomic mass is 10.2. The largest absolute Gasteiger partial charge is 0.409 e. The number of nitrogens with two attached hydrogens (primary N) is 1. The van der Waals surface area contributed by atoms with E-state index < -0.39 is 0 Å². The van der Waals surface area contributed by atoms with E-state index >= 15 is 0 Å². The number of rotatable bonds is 7. The molecule has 6 heteroatoms. The zero-order valence-corrected chi connectivity index (χ0v) is 9.13. The second-order valence-corrected chi connectivity index (χ2v) is 3.43. The predicted octanol–water partition coefficient (Wildman–Crippen LogP) is 0.483. The van der Waals surface area contributed by atoms with Crippen molar-refractivity contribution >= 4 is 5.84 Å². The third kappa shape index (κ3) is 5.26. The van der Waals surface area contributed by atoms with Gasteiger partial charge in [-0.25, -0.2) is 9.97 Å². The molecular weight excluding hydrogens is 206 g/mol. The van der Waals surface area contributed by atoms with Gasteiger partial charge in [0.15, 0.2) is 0 Å². The van der Waals surface area contributed by atoms with Gasteiger partial charge in [-0.05, 0) is 25.5 Å². The molecule has 0 aliphatic rings. The van der Waals surface area contributed by atoms with Crippen LogP contribution in [0, 0.1) is 0 Å². The number of oxime groups is 1. The molecule has 1 rings (SSSR count). The molecular formula is C10H17N5O. The normalized spacial score (nSPS) is 11.6. The summed E-state index contributed by atoms with van der Waals surface area (Å²) in [7, 11) is 0. The van der Waals surface area contributed by atoms with Gasteiger partial charge in [0.2, 0.25) is 0 Å². The summed E-state index contributed by atoms with van der Waals surface area (Å²) >= 11 is 0. The molecule has 0 spiro atoms. The van der Waals surface area contributed by atoms with Crippen molar-refractivity contribution < 1.29 is 5.21 Å². The molecule has 88 valence electrons. The summed E-state index contributed by atoms with van der Waals surface area (Å²) in [4.78, 5) is 7.93. The van der Waals surface area contributed by atoms with Crippen LogP contribution in [0.2, 0.25) is 0 Å². The molecule has 1 aromatic rings. The molecule has 1 aromatic heterocycles. The van der Waals surface area contributed by atoms with Crippen LogP contribution in [0.25, 0.3) is 0 Å². The first-order valence-corrected chi connectivity index (χ1v) is 5.25. The smallest absolute Gasteiger partial charge is 0.139 e. The van der Waals surface area contributed by atoms with Crippen LogP contribution in [0.15, 0.2) is 23.7 Å². The third-order valence-electron chi connectivity index (χ3n) is 2.11. The van der Waals surface area contributed by atoms with Gasteiger partial charge in [0, 0.05) is 19.2 Å². The Bertz CT molecular complexity index is 314. The van der Waals surface area contributed by atoms with Crippen LogP contribution in [0.3, 0.4) is 0 Å². The van der Waals surface area contributed by atoms with E-state index in [0.717, 1.165) is 31.6 Å². The van der Waals surface area contributed by atoms with Crippen molar-refractivity contribution in [2.75, 3.05) is 6.54 Å². The van der Waals surface area contributed by atoms with E-state index in [-0.39, 0.29) is 5.84 Å². The average molecular weight is 223 g/mol. The number of aromatic nitrogens is 2. The van der Waals surface area contributed by atoms with Crippen molar-refractivity contribution in [3.8, 4) is 0 Å². The predicted molar refractivity (Wildman–Crippen MR) is 61.0 cm³/mol. The second-order valence-electron chi connectivity index (χ2n) is 3.43. The summed E-state index contributed by atoms with van der Waals surface area (Å²) in [6, 6.07) is 1.88. The maximum atomic E-state index is 8.32. The van der Waals surface area contributed by atoms with Gasteiger partial charge in [0.25, 0.3) is 0 Å². The molecule has 0 fully saturated rings. The average Bonchev–Trinajstić information content (AvgIpc) is 2.34. The lowest BCUT2D eigenvalue weighted by Crippen LogP contribution is -2.17. The Balaban J connectivity index is 2.01. The molecule has 0 saturated carbocycles. The summed E-state index contributed by atoms with van der Waals surface area (Å²) in [6.07, 6.45) is 5.79. The number of nitrogens with one attached hydrogen (secondary N) is 1. The summed E-state index contributed by atoms with van der Waals surface area (Å²) in [5.74, 6) is 0.288. The van der Waals surface area contributed by atoms with E-state index in [1.165, 1.54) is 6.33 Å². The van der Waals surface area contributed by atoms with Crippen LogP contribution in [-0.4, -0.2) is 27.6 Å². The first-order valence-electron chi connectivity index (χ1n) is 5.25. The Morgan fingerprint density at radius 2 is 2.38 bits per heavy atom. The number of amidine groups is 1. The molecule has 0 bridgehead atoms. The van der Waals surface area contributed by atoms with E-state index in [0.29, 0.717) is 6.42 Å². The molecule has 0 aliphatic heterocycles. The zero-order valence-electron chi connectivity index (χ0n) is 9.13. The lowest BCUT2D eigenvalue weighted by molar-refractivity contribution is 0.316. The first kappa shape index (κ1) is 12.4. The Labute approximate surface area is 94.6 Å². The van der Waals surface area contributed by atoms with Crippen molar-refractivity contribution in [1.82, 2.24) is 15.3 Å². The fourth-order valence-corrected chi connectivity index (χ4v) is 1.25. The Morgan fingerprint density at radius 1 is 1.50 bits per heavy atom. The molecule has 0 saturated heterocycles. The zero-order chi connectivity index (χ0) is 11.6. The highest BCUT2D eigenvalue weighted by molar-refractivity contribution is 5.79. The highest BCUT2D eigenvalue weighted by atomic mass is 16.4. The van der Waals surface area contributed by atoms with Gasteiger partial charge in [0.05, 0.1) is 5.69 Å². The molecule has 0 radical (unpaired) electrons. The Kier molecular flexibility index (Phi) is 5.87. The van der Waals surface area contributed by atoms with Crippen molar-refractivity contribution in [3.05, 3.63) is 24.3 Å². The summed E-state index contributed by atoms with van der Waals surface area (Å²) in [5, 5.41) is 14.5. The van der Waals surface area contributed by atoms with Crippen LogP contribution < -0.4 is 11.1 Å². The Morgan fingerprint density at radius 3 is 3.06 bits per heavy atom.